The van der Waals surface area contributed by atoms with Crippen LogP contribution in [0.15, 0.2) is 66.2 Å². The molecule has 0 spiro atoms. The minimum absolute atomic E-state index is 0.285. The summed E-state index contributed by atoms with van der Waals surface area (Å²) in [5.74, 6) is 0.536. The van der Waals surface area contributed by atoms with Crippen LogP contribution in [-0.4, -0.2) is 27.5 Å². The standard InChI is InChI=1S/C25H24N4O2S/c1-3-31-25(30)21-15-27-23(19-11-7-8-17(2)12-19)29-24(21)26-14-20-16-32-22(28-20)13-18-9-5-4-6-10-18/h4-12,15-16H,3,13-14H2,1-2H3,(H,26,27,29). The molecule has 0 amide bonds. The zero-order chi connectivity index (χ0) is 22.3. The number of hydrogen-bond acceptors (Lipinski definition) is 7. The largest absolute Gasteiger partial charge is 0.462 e. The molecule has 1 N–H and O–H groups in total. The van der Waals surface area contributed by atoms with E-state index < -0.39 is 5.97 Å². The summed E-state index contributed by atoms with van der Waals surface area (Å²) < 4.78 is 5.18. The summed E-state index contributed by atoms with van der Waals surface area (Å²) in [5, 5.41) is 6.33. The van der Waals surface area contributed by atoms with Crippen molar-refractivity contribution in [3.63, 3.8) is 0 Å². The van der Waals surface area contributed by atoms with Gasteiger partial charge in [0.05, 0.1) is 23.9 Å². The molecular weight excluding hydrogens is 420 g/mol. The van der Waals surface area contributed by atoms with Crippen LogP contribution < -0.4 is 5.32 Å². The average Bonchev–Trinajstić information content (AvgIpc) is 3.25. The Morgan fingerprint density at radius 3 is 2.72 bits per heavy atom. The molecule has 0 unspecified atom stereocenters. The van der Waals surface area contributed by atoms with Crippen molar-refractivity contribution in [3.8, 4) is 11.4 Å². The molecule has 2 heterocycles. The molecule has 32 heavy (non-hydrogen) atoms. The van der Waals surface area contributed by atoms with Gasteiger partial charge in [0.2, 0.25) is 0 Å². The molecule has 2 aromatic heterocycles. The third-order valence-corrected chi connectivity index (χ3v) is 5.69. The van der Waals surface area contributed by atoms with Gasteiger partial charge >= 0.3 is 5.97 Å². The van der Waals surface area contributed by atoms with Gasteiger partial charge in [-0.15, -0.1) is 11.3 Å². The van der Waals surface area contributed by atoms with E-state index in [1.807, 2.05) is 54.8 Å². The van der Waals surface area contributed by atoms with E-state index in [0.717, 1.165) is 28.2 Å². The van der Waals surface area contributed by atoms with Crippen molar-refractivity contribution in [1.82, 2.24) is 15.0 Å². The number of nitrogens with zero attached hydrogens (tertiary/aromatic N) is 3. The number of aromatic nitrogens is 3. The van der Waals surface area contributed by atoms with E-state index in [9.17, 15) is 4.79 Å². The number of carbonyl (C=O) groups is 1. The van der Waals surface area contributed by atoms with Crippen LogP contribution in [0.5, 0.6) is 0 Å². The third-order valence-electron chi connectivity index (χ3n) is 4.79. The Balaban J connectivity index is 1.54. The number of rotatable bonds is 8. The van der Waals surface area contributed by atoms with E-state index in [1.165, 1.54) is 11.8 Å². The zero-order valence-corrected chi connectivity index (χ0v) is 18.9. The highest BCUT2D eigenvalue weighted by Gasteiger charge is 2.17. The number of ether oxygens (including phenoxy) is 1. The Hall–Kier alpha value is -3.58. The quantitative estimate of drug-likeness (QED) is 0.372. The minimum atomic E-state index is -0.450. The maximum Gasteiger partial charge on any atom is 0.343 e. The van der Waals surface area contributed by atoms with Crippen LogP contribution in [0.4, 0.5) is 5.82 Å². The molecule has 4 rings (SSSR count). The van der Waals surface area contributed by atoms with Gasteiger partial charge in [-0.1, -0.05) is 54.1 Å². The number of carbonyl (C=O) groups excluding carboxylic acids is 1. The summed E-state index contributed by atoms with van der Waals surface area (Å²) >= 11 is 1.62. The molecule has 0 radical (unpaired) electrons. The molecule has 0 bridgehead atoms. The third kappa shape index (κ3) is 5.36. The summed E-state index contributed by atoms with van der Waals surface area (Å²) in [7, 11) is 0. The van der Waals surface area contributed by atoms with Crippen LogP contribution in [0.2, 0.25) is 0 Å². The maximum absolute atomic E-state index is 12.4. The zero-order valence-electron chi connectivity index (χ0n) is 18.0. The van der Waals surface area contributed by atoms with Gasteiger partial charge in [-0.3, -0.25) is 0 Å². The fraction of sp³-hybridized carbons (Fsp3) is 0.200. The van der Waals surface area contributed by atoms with Crippen LogP contribution in [0.25, 0.3) is 11.4 Å². The monoisotopic (exact) mass is 444 g/mol. The molecule has 6 nitrogen and oxygen atoms in total. The lowest BCUT2D eigenvalue weighted by Crippen LogP contribution is -2.13. The fourth-order valence-corrected chi connectivity index (χ4v) is 4.08. The van der Waals surface area contributed by atoms with Crippen molar-refractivity contribution in [1.29, 1.82) is 0 Å². The van der Waals surface area contributed by atoms with E-state index >= 15 is 0 Å². The van der Waals surface area contributed by atoms with Crippen LogP contribution in [0.3, 0.4) is 0 Å². The van der Waals surface area contributed by atoms with Crippen molar-refractivity contribution in [2.45, 2.75) is 26.8 Å². The number of nitrogens with one attached hydrogen (secondary N) is 1. The second-order valence-electron chi connectivity index (χ2n) is 7.29. The molecule has 0 aliphatic carbocycles. The van der Waals surface area contributed by atoms with Gasteiger partial charge in [0.1, 0.15) is 11.4 Å². The smallest absolute Gasteiger partial charge is 0.343 e. The Labute approximate surface area is 191 Å². The van der Waals surface area contributed by atoms with Crippen molar-refractivity contribution in [2.24, 2.45) is 0 Å². The summed E-state index contributed by atoms with van der Waals surface area (Å²) in [6.07, 6.45) is 2.32. The predicted molar refractivity (Wildman–Crippen MR) is 127 cm³/mol. The summed E-state index contributed by atoms with van der Waals surface area (Å²) in [4.78, 5) is 26.2. The predicted octanol–water partition coefficient (Wildman–Crippen LogP) is 5.29. The lowest BCUT2D eigenvalue weighted by molar-refractivity contribution is 0.0526. The van der Waals surface area contributed by atoms with E-state index in [0.29, 0.717) is 23.8 Å². The van der Waals surface area contributed by atoms with Gasteiger partial charge < -0.3 is 10.1 Å². The van der Waals surface area contributed by atoms with E-state index in [4.69, 9.17) is 9.72 Å². The highest BCUT2D eigenvalue weighted by atomic mass is 32.1. The first kappa shape index (κ1) is 21.6. The molecule has 0 aliphatic heterocycles. The highest BCUT2D eigenvalue weighted by Crippen LogP contribution is 2.22. The Morgan fingerprint density at radius 2 is 1.94 bits per heavy atom. The van der Waals surface area contributed by atoms with Crippen LogP contribution in [0.1, 0.15) is 39.1 Å². The van der Waals surface area contributed by atoms with Crippen molar-refractivity contribution in [3.05, 3.63) is 93.6 Å². The van der Waals surface area contributed by atoms with Crippen molar-refractivity contribution < 1.29 is 9.53 Å². The number of anilines is 1. The normalized spacial score (nSPS) is 10.7. The second kappa shape index (κ2) is 10.2. The molecular formula is C25H24N4O2S. The maximum atomic E-state index is 12.4. The van der Waals surface area contributed by atoms with Gasteiger partial charge in [0, 0.05) is 23.6 Å². The highest BCUT2D eigenvalue weighted by molar-refractivity contribution is 7.09. The van der Waals surface area contributed by atoms with Gasteiger partial charge in [-0.25, -0.2) is 19.7 Å². The second-order valence-corrected chi connectivity index (χ2v) is 8.24. The summed E-state index contributed by atoms with van der Waals surface area (Å²) in [6.45, 7) is 4.52. The van der Waals surface area contributed by atoms with Gasteiger partial charge in [0.15, 0.2) is 5.82 Å². The van der Waals surface area contributed by atoms with Crippen LogP contribution in [0, 0.1) is 6.92 Å². The average molecular weight is 445 g/mol. The van der Waals surface area contributed by atoms with Crippen molar-refractivity contribution >= 4 is 23.1 Å². The molecule has 7 heteroatoms. The lowest BCUT2D eigenvalue weighted by Gasteiger charge is -2.11. The number of thiazole rings is 1. The van der Waals surface area contributed by atoms with Gasteiger partial charge in [-0.2, -0.15) is 0 Å². The first-order valence-electron chi connectivity index (χ1n) is 10.4. The van der Waals surface area contributed by atoms with Crippen LogP contribution in [-0.2, 0) is 17.7 Å². The number of benzene rings is 2. The first-order valence-corrected chi connectivity index (χ1v) is 11.3. The summed E-state index contributed by atoms with van der Waals surface area (Å²) in [6, 6.07) is 18.2. The van der Waals surface area contributed by atoms with Crippen LogP contribution >= 0.6 is 11.3 Å². The van der Waals surface area contributed by atoms with E-state index in [2.05, 4.69) is 27.4 Å². The Bertz CT molecular complexity index is 1210. The number of aryl methyl sites for hydroxylation is 1. The lowest BCUT2D eigenvalue weighted by atomic mass is 10.1. The molecule has 0 fully saturated rings. The molecule has 0 aliphatic rings. The van der Waals surface area contributed by atoms with Gasteiger partial charge in [0.25, 0.3) is 0 Å². The van der Waals surface area contributed by atoms with Crippen molar-refractivity contribution in [2.75, 3.05) is 11.9 Å². The molecule has 0 atom stereocenters. The topological polar surface area (TPSA) is 77.0 Å². The van der Waals surface area contributed by atoms with Gasteiger partial charge in [-0.05, 0) is 25.5 Å². The minimum Gasteiger partial charge on any atom is -0.462 e. The fourth-order valence-electron chi connectivity index (χ4n) is 3.25. The first-order chi connectivity index (χ1) is 15.6. The number of esters is 1. The SMILES string of the molecule is CCOC(=O)c1cnc(-c2cccc(C)c2)nc1NCc1csc(Cc2ccccc2)n1. The van der Waals surface area contributed by atoms with E-state index in [-0.39, 0.29) is 6.61 Å². The molecule has 0 saturated carbocycles. The molecule has 2 aromatic carbocycles. The Kier molecular flexibility index (Phi) is 6.87. The van der Waals surface area contributed by atoms with E-state index in [1.54, 1.807) is 18.3 Å². The summed E-state index contributed by atoms with van der Waals surface area (Å²) in [5.41, 5.74) is 4.43. The molecule has 4 aromatic rings. The molecule has 162 valence electrons. The Morgan fingerprint density at radius 1 is 1.09 bits per heavy atom. The number of hydrogen-bond donors (Lipinski definition) is 1. The molecule has 0 saturated heterocycles.